The Balaban J connectivity index is 1.45. The van der Waals surface area contributed by atoms with Gasteiger partial charge in [0.25, 0.3) is 5.91 Å². The lowest BCUT2D eigenvalue weighted by Crippen LogP contribution is -2.17. The van der Waals surface area contributed by atoms with Crippen LogP contribution < -0.4 is 23.8 Å². The summed E-state index contributed by atoms with van der Waals surface area (Å²) in [5.41, 5.74) is 4.28. The molecule has 9 nitrogen and oxygen atoms in total. The van der Waals surface area contributed by atoms with E-state index in [1.54, 1.807) is 24.3 Å². The van der Waals surface area contributed by atoms with Crippen molar-refractivity contribution in [3.05, 3.63) is 111 Å². The van der Waals surface area contributed by atoms with Gasteiger partial charge in [-0.2, -0.15) is 13.5 Å². The van der Waals surface area contributed by atoms with E-state index in [1.807, 2.05) is 37.3 Å². The molecule has 4 rings (SSSR count). The van der Waals surface area contributed by atoms with Crippen molar-refractivity contribution in [1.82, 2.24) is 5.43 Å². The Morgan fingerprint density at radius 3 is 2.38 bits per heavy atom. The van der Waals surface area contributed by atoms with Crippen LogP contribution in [0.3, 0.4) is 0 Å². The number of nitrogens with zero attached hydrogens (tertiary/aromatic N) is 1. The van der Waals surface area contributed by atoms with E-state index < -0.39 is 16.0 Å². The van der Waals surface area contributed by atoms with Crippen molar-refractivity contribution >= 4 is 49.8 Å². The highest BCUT2D eigenvalue weighted by Crippen LogP contribution is 2.38. The Morgan fingerprint density at radius 1 is 0.952 bits per heavy atom. The summed E-state index contributed by atoms with van der Waals surface area (Å²) in [6.07, 6.45) is 1.38. The van der Waals surface area contributed by atoms with Gasteiger partial charge in [-0.1, -0.05) is 41.9 Å². The Labute approximate surface area is 257 Å². The summed E-state index contributed by atoms with van der Waals surface area (Å²) in [6.45, 7) is 2.59. The molecule has 0 heterocycles. The first-order chi connectivity index (χ1) is 20.2. The van der Waals surface area contributed by atoms with Crippen LogP contribution in [0.2, 0.25) is 5.02 Å². The first kappa shape index (κ1) is 30.9. The zero-order valence-corrected chi connectivity index (χ0v) is 25.7. The van der Waals surface area contributed by atoms with E-state index in [-0.39, 0.29) is 16.4 Å². The van der Waals surface area contributed by atoms with Crippen LogP contribution >= 0.6 is 27.5 Å². The molecule has 0 fully saturated rings. The second kappa shape index (κ2) is 14.2. The molecule has 0 aliphatic carbocycles. The van der Waals surface area contributed by atoms with Gasteiger partial charge in [0.2, 0.25) is 0 Å². The Kier molecular flexibility index (Phi) is 10.5. The van der Waals surface area contributed by atoms with Gasteiger partial charge in [0.15, 0.2) is 23.0 Å². The lowest BCUT2D eigenvalue weighted by molar-refractivity contribution is 0.0954. The van der Waals surface area contributed by atoms with Crippen LogP contribution in [0.25, 0.3) is 0 Å². The van der Waals surface area contributed by atoms with Crippen molar-refractivity contribution in [2.24, 2.45) is 5.10 Å². The third-order valence-electron chi connectivity index (χ3n) is 5.67. The van der Waals surface area contributed by atoms with Gasteiger partial charge in [-0.3, -0.25) is 4.79 Å². The lowest BCUT2D eigenvalue weighted by atomic mass is 10.2. The van der Waals surface area contributed by atoms with Gasteiger partial charge in [0.05, 0.1) is 24.4 Å². The molecule has 0 unspecified atom stereocenters. The number of halogens is 2. The van der Waals surface area contributed by atoms with Crippen LogP contribution in [0.1, 0.15) is 28.4 Å². The maximum Gasteiger partial charge on any atom is 0.339 e. The van der Waals surface area contributed by atoms with E-state index in [9.17, 15) is 13.2 Å². The standard InChI is InChI=1S/C30H26BrClN2O7S/c1-3-39-27-17-22(9-14-26(27)40-19-20-7-5-4-6-8-20)30(35)34-33-18-21-15-25(31)29(28(16-21)38-2)41-42(36,37)24-12-10-23(32)11-13-24/h4-18H,3,19H2,1-2H3,(H,34,35)/b33-18+. The SMILES string of the molecule is CCOc1cc(C(=O)N/N=C/c2cc(Br)c(OS(=O)(=O)c3ccc(Cl)cc3)c(OC)c2)ccc1OCc1ccccc1. The van der Waals surface area contributed by atoms with Crippen molar-refractivity contribution < 1.29 is 31.6 Å². The first-order valence-electron chi connectivity index (χ1n) is 12.5. The second-order valence-electron chi connectivity index (χ2n) is 8.59. The fourth-order valence-corrected chi connectivity index (χ4v) is 5.39. The minimum Gasteiger partial charge on any atom is -0.493 e. The molecule has 42 heavy (non-hydrogen) atoms. The van der Waals surface area contributed by atoms with Crippen molar-refractivity contribution in [1.29, 1.82) is 0 Å². The molecule has 1 amide bonds. The van der Waals surface area contributed by atoms with Crippen LogP contribution in [0.15, 0.2) is 99.4 Å². The van der Waals surface area contributed by atoms with Crippen LogP contribution in [-0.2, 0) is 16.7 Å². The molecule has 0 spiro atoms. The molecular weight excluding hydrogens is 648 g/mol. The van der Waals surface area contributed by atoms with Crippen LogP contribution in [0.5, 0.6) is 23.0 Å². The number of carbonyl (C=O) groups excluding carboxylic acids is 1. The predicted molar refractivity (Wildman–Crippen MR) is 163 cm³/mol. The van der Waals surface area contributed by atoms with Crippen LogP contribution in [0, 0.1) is 0 Å². The maximum absolute atomic E-state index is 12.8. The fourth-order valence-electron chi connectivity index (χ4n) is 3.66. The summed E-state index contributed by atoms with van der Waals surface area (Å²) in [7, 11) is -2.79. The summed E-state index contributed by atoms with van der Waals surface area (Å²) in [5, 5.41) is 4.42. The number of amides is 1. The smallest absolute Gasteiger partial charge is 0.339 e. The Morgan fingerprint density at radius 2 is 1.69 bits per heavy atom. The molecule has 0 radical (unpaired) electrons. The van der Waals surface area contributed by atoms with Crippen LogP contribution in [-0.4, -0.2) is 34.3 Å². The third-order valence-corrected chi connectivity index (χ3v) is 7.75. The molecule has 0 aromatic heterocycles. The van der Waals surface area contributed by atoms with Crippen LogP contribution in [0.4, 0.5) is 0 Å². The number of rotatable bonds is 12. The van der Waals surface area contributed by atoms with Crippen molar-refractivity contribution in [2.45, 2.75) is 18.4 Å². The van der Waals surface area contributed by atoms with E-state index in [1.165, 1.54) is 43.7 Å². The van der Waals surface area contributed by atoms with E-state index >= 15 is 0 Å². The van der Waals surface area contributed by atoms with Crippen molar-refractivity contribution in [3.63, 3.8) is 0 Å². The zero-order valence-electron chi connectivity index (χ0n) is 22.5. The fraction of sp³-hybridized carbons (Fsp3) is 0.133. The number of ether oxygens (including phenoxy) is 3. The summed E-state index contributed by atoms with van der Waals surface area (Å²) in [4.78, 5) is 12.7. The largest absolute Gasteiger partial charge is 0.493 e. The van der Waals surface area contributed by atoms with E-state index in [4.69, 9.17) is 30.0 Å². The number of methoxy groups -OCH3 is 1. The van der Waals surface area contributed by atoms with Crippen molar-refractivity contribution in [3.8, 4) is 23.0 Å². The summed E-state index contributed by atoms with van der Waals surface area (Å²) in [5.74, 6) is 0.552. The molecule has 0 saturated heterocycles. The highest BCUT2D eigenvalue weighted by Gasteiger charge is 2.22. The van der Waals surface area contributed by atoms with E-state index in [2.05, 4.69) is 26.5 Å². The number of benzene rings is 4. The zero-order chi connectivity index (χ0) is 30.1. The van der Waals surface area contributed by atoms with Gasteiger partial charge < -0.3 is 18.4 Å². The monoisotopic (exact) mass is 672 g/mol. The third kappa shape index (κ3) is 8.03. The van der Waals surface area contributed by atoms with Gasteiger partial charge in [0, 0.05) is 10.6 Å². The Bertz CT molecular complexity index is 1680. The normalized spacial score (nSPS) is 11.2. The summed E-state index contributed by atoms with van der Waals surface area (Å²) >= 11 is 9.18. The molecule has 0 aliphatic rings. The van der Waals surface area contributed by atoms with Gasteiger partial charge >= 0.3 is 10.1 Å². The molecule has 1 N–H and O–H groups in total. The molecule has 0 aliphatic heterocycles. The summed E-state index contributed by atoms with van der Waals surface area (Å²) < 4.78 is 48.1. The Hall–Kier alpha value is -4.06. The minimum atomic E-state index is -4.16. The highest BCUT2D eigenvalue weighted by atomic mass is 79.9. The molecule has 0 atom stereocenters. The number of nitrogens with one attached hydrogen (secondary N) is 1. The maximum atomic E-state index is 12.8. The quantitative estimate of drug-likeness (QED) is 0.102. The average Bonchev–Trinajstić information content (AvgIpc) is 2.98. The van der Waals surface area contributed by atoms with E-state index in [0.717, 1.165) is 5.56 Å². The average molecular weight is 674 g/mol. The highest BCUT2D eigenvalue weighted by molar-refractivity contribution is 9.10. The van der Waals surface area contributed by atoms with Gasteiger partial charge in [-0.15, -0.1) is 0 Å². The number of carbonyl (C=O) groups is 1. The van der Waals surface area contributed by atoms with Crippen molar-refractivity contribution in [2.75, 3.05) is 13.7 Å². The number of hydrogen-bond donors (Lipinski definition) is 1. The minimum absolute atomic E-state index is 0.0494. The van der Waals surface area contributed by atoms with Gasteiger partial charge in [-0.05, 0) is 88.6 Å². The molecule has 4 aromatic carbocycles. The molecule has 0 bridgehead atoms. The number of hydrogen-bond acceptors (Lipinski definition) is 8. The molecule has 0 saturated carbocycles. The molecule has 12 heteroatoms. The number of hydrazone groups is 1. The van der Waals surface area contributed by atoms with Gasteiger partial charge in [0.1, 0.15) is 11.5 Å². The first-order valence-corrected chi connectivity index (χ1v) is 15.1. The molecule has 218 valence electrons. The topological polar surface area (TPSA) is 113 Å². The van der Waals surface area contributed by atoms with E-state index in [0.29, 0.717) is 45.3 Å². The van der Waals surface area contributed by atoms with Gasteiger partial charge in [-0.25, -0.2) is 5.43 Å². The second-order valence-corrected chi connectivity index (χ2v) is 11.4. The molecular formula is C30H26BrClN2O7S. The molecule has 4 aromatic rings. The summed E-state index contributed by atoms with van der Waals surface area (Å²) in [6, 6.07) is 23.2. The lowest BCUT2D eigenvalue weighted by Gasteiger charge is -2.13. The predicted octanol–water partition coefficient (Wildman–Crippen LogP) is 6.62.